The van der Waals surface area contributed by atoms with Crippen LogP contribution in [0.3, 0.4) is 0 Å². The number of anilines is 1. The molecule has 2 heterocycles. The van der Waals surface area contributed by atoms with Gasteiger partial charge in [-0.25, -0.2) is 4.39 Å². The summed E-state index contributed by atoms with van der Waals surface area (Å²) in [5.74, 6) is 0.170. The quantitative estimate of drug-likeness (QED) is 0.583. The van der Waals surface area contributed by atoms with Gasteiger partial charge in [-0.15, -0.1) is 0 Å². The Bertz CT molecular complexity index is 1070. The number of nitrogens with zero attached hydrogens (tertiary/aromatic N) is 3. The molecule has 0 aliphatic carbocycles. The minimum absolute atomic E-state index is 0.161. The van der Waals surface area contributed by atoms with Crippen LogP contribution in [0.4, 0.5) is 10.2 Å². The number of rotatable bonds is 5. The molecule has 1 amide bonds. The Labute approximate surface area is 154 Å². The predicted octanol–water partition coefficient (Wildman–Crippen LogP) is 3.98. The maximum absolute atomic E-state index is 13.3. The van der Waals surface area contributed by atoms with Crippen molar-refractivity contribution in [1.82, 2.24) is 14.9 Å². The fourth-order valence-electron chi connectivity index (χ4n) is 2.64. The number of aromatic nitrogens is 3. The van der Waals surface area contributed by atoms with Gasteiger partial charge in [0.25, 0.3) is 5.91 Å². The molecule has 4 aromatic rings. The molecule has 0 unspecified atom stereocenters. The average molecular weight is 362 g/mol. The average Bonchev–Trinajstić information content (AvgIpc) is 3.32. The largest absolute Gasteiger partial charge is 0.355 e. The summed E-state index contributed by atoms with van der Waals surface area (Å²) in [6, 6.07) is 18.9. The molecule has 2 aromatic heterocycles. The zero-order chi connectivity index (χ0) is 18.6. The van der Waals surface area contributed by atoms with Crippen molar-refractivity contribution in [3.8, 4) is 11.3 Å². The summed E-state index contributed by atoms with van der Waals surface area (Å²) in [6.45, 7) is 0.399. The van der Waals surface area contributed by atoms with Gasteiger partial charge >= 0.3 is 0 Å². The zero-order valence-electron chi connectivity index (χ0n) is 14.2. The predicted molar refractivity (Wildman–Crippen MR) is 97.6 cm³/mol. The van der Waals surface area contributed by atoms with Crippen LogP contribution in [0.25, 0.3) is 11.3 Å². The molecule has 2 aromatic carbocycles. The van der Waals surface area contributed by atoms with Gasteiger partial charge in [-0.1, -0.05) is 47.6 Å². The molecule has 0 aliphatic rings. The smallest absolute Gasteiger partial charge is 0.279 e. The second kappa shape index (κ2) is 7.25. The van der Waals surface area contributed by atoms with Gasteiger partial charge in [-0.2, -0.15) is 5.10 Å². The van der Waals surface area contributed by atoms with E-state index in [0.717, 1.165) is 11.1 Å². The van der Waals surface area contributed by atoms with E-state index in [2.05, 4.69) is 15.6 Å². The highest BCUT2D eigenvalue weighted by molar-refractivity contribution is 6.02. The molecule has 0 spiro atoms. The molecule has 0 bridgehead atoms. The van der Waals surface area contributed by atoms with Gasteiger partial charge in [-0.3, -0.25) is 9.48 Å². The lowest BCUT2D eigenvalue weighted by Crippen LogP contribution is -2.13. The maximum Gasteiger partial charge on any atom is 0.279 e. The summed E-state index contributed by atoms with van der Waals surface area (Å²) in [4.78, 5) is 12.3. The van der Waals surface area contributed by atoms with Gasteiger partial charge < -0.3 is 9.84 Å². The Balaban J connectivity index is 1.43. The van der Waals surface area contributed by atoms with Crippen LogP contribution in [0, 0.1) is 5.82 Å². The fourth-order valence-corrected chi connectivity index (χ4v) is 2.64. The van der Waals surface area contributed by atoms with Crippen LogP contribution >= 0.6 is 0 Å². The SMILES string of the molecule is O=C(Nc1ccn(Cc2cccc(F)c2)n1)c1cc(-c2ccccc2)on1. The highest BCUT2D eigenvalue weighted by Crippen LogP contribution is 2.20. The lowest BCUT2D eigenvalue weighted by atomic mass is 10.1. The number of halogens is 1. The van der Waals surface area contributed by atoms with E-state index in [-0.39, 0.29) is 11.5 Å². The molecule has 1 N–H and O–H groups in total. The van der Waals surface area contributed by atoms with Crippen molar-refractivity contribution < 1.29 is 13.7 Å². The van der Waals surface area contributed by atoms with E-state index >= 15 is 0 Å². The van der Waals surface area contributed by atoms with Crippen LogP contribution in [0.5, 0.6) is 0 Å². The number of nitrogens with one attached hydrogen (secondary N) is 1. The molecule has 0 saturated heterocycles. The molecule has 4 rings (SSSR count). The summed E-state index contributed by atoms with van der Waals surface area (Å²) < 4.78 is 20.1. The second-order valence-electron chi connectivity index (χ2n) is 5.93. The first-order valence-corrected chi connectivity index (χ1v) is 8.29. The second-order valence-corrected chi connectivity index (χ2v) is 5.93. The van der Waals surface area contributed by atoms with Crippen LogP contribution in [0.2, 0.25) is 0 Å². The van der Waals surface area contributed by atoms with Crippen molar-refractivity contribution in [2.24, 2.45) is 0 Å². The van der Waals surface area contributed by atoms with E-state index in [1.54, 1.807) is 29.1 Å². The Morgan fingerprint density at radius 2 is 1.93 bits per heavy atom. The van der Waals surface area contributed by atoms with E-state index < -0.39 is 5.91 Å². The van der Waals surface area contributed by atoms with Crippen LogP contribution in [0.1, 0.15) is 16.1 Å². The Kier molecular flexibility index (Phi) is 4.49. The van der Waals surface area contributed by atoms with Crippen LogP contribution in [0.15, 0.2) is 77.4 Å². The van der Waals surface area contributed by atoms with Crippen molar-refractivity contribution >= 4 is 11.7 Å². The lowest BCUT2D eigenvalue weighted by Gasteiger charge is -2.02. The van der Waals surface area contributed by atoms with E-state index in [1.165, 1.54) is 12.1 Å². The van der Waals surface area contributed by atoms with Gasteiger partial charge in [0, 0.05) is 23.9 Å². The number of amides is 1. The van der Waals surface area contributed by atoms with Crippen molar-refractivity contribution in [1.29, 1.82) is 0 Å². The molecule has 0 aliphatic heterocycles. The van der Waals surface area contributed by atoms with E-state index in [9.17, 15) is 9.18 Å². The van der Waals surface area contributed by atoms with Crippen molar-refractivity contribution in [2.45, 2.75) is 6.54 Å². The summed E-state index contributed by atoms with van der Waals surface area (Å²) >= 11 is 0. The van der Waals surface area contributed by atoms with Gasteiger partial charge in [0.2, 0.25) is 0 Å². The van der Waals surface area contributed by atoms with E-state index in [4.69, 9.17) is 4.52 Å². The highest BCUT2D eigenvalue weighted by Gasteiger charge is 2.15. The molecular formula is C20H15FN4O2. The van der Waals surface area contributed by atoms with Crippen LogP contribution in [-0.4, -0.2) is 20.8 Å². The minimum Gasteiger partial charge on any atom is -0.355 e. The topological polar surface area (TPSA) is 73.0 Å². The minimum atomic E-state index is -0.420. The first-order chi connectivity index (χ1) is 13.2. The summed E-state index contributed by atoms with van der Waals surface area (Å²) in [7, 11) is 0. The third kappa shape index (κ3) is 3.92. The van der Waals surface area contributed by atoms with E-state index in [0.29, 0.717) is 18.1 Å². The zero-order valence-corrected chi connectivity index (χ0v) is 14.2. The maximum atomic E-state index is 13.3. The van der Waals surface area contributed by atoms with E-state index in [1.807, 2.05) is 36.4 Å². The molecule has 0 atom stereocenters. The number of carbonyl (C=O) groups excluding carboxylic acids is 1. The third-order valence-corrected chi connectivity index (χ3v) is 3.92. The number of hydrogen-bond acceptors (Lipinski definition) is 4. The molecule has 134 valence electrons. The highest BCUT2D eigenvalue weighted by atomic mass is 19.1. The molecule has 7 heteroatoms. The Hall–Kier alpha value is -3.74. The lowest BCUT2D eigenvalue weighted by molar-refractivity contribution is 0.101. The van der Waals surface area contributed by atoms with Crippen molar-refractivity contribution in [3.63, 3.8) is 0 Å². The fraction of sp³-hybridized carbons (Fsp3) is 0.0500. The molecule has 0 fully saturated rings. The summed E-state index contributed by atoms with van der Waals surface area (Å²) in [5, 5.41) is 10.8. The van der Waals surface area contributed by atoms with Gasteiger partial charge in [0.15, 0.2) is 17.3 Å². The number of carbonyl (C=O) groups is 1. The van der Waals surface area contributed by atoms with Crippen LogP contribution in [-0.2, 0) is 6.54 Å². The normalized spacial score (nSPS) is 10.7. The number of benzene rings is 2. The Morgan fingerprint density at radius 3 is 2.74 bits per heavy atom. The molecule has 27 heavy (non-hydrogen) atoms. The molecular weight excluding hydrogens is 347 g/mol. The molecule has 0 saturated carbocycles. The van der Waals surface area contributed by atoms with Crippen molar-refractivity contribution in [2.75, 3.05) is 5.32 Å². The van der Waals surface area contributed by atoms with Gasteiger partial charge in [0.1, 0.15) is 5.82 Å². The monoisotopic (exact) mass is 362 g/mol. The third-order valence-electron chi connectivity index (χ3n) is 3.92. The molecule has 6 nitrogen and oxygen atoms in total. The van der Waals surface area contributed by atoms with Crippen LogP contribution < -0.4 is 5.32 Å². The first kappa shape index (κ1) is 16.7. The van der Waals surface area contributed by atoms with Gasteiger partial charge in [-0.05, 0) is 17.7 Å². The first-order valence-electron chi connectivity index (χ1n) is 8.29. The van der Waals surface area contributed by atoms with Crippen molar-refractivity contribution in [3.05, 3.63) is 90.0 Å². The Morgan fingerprint density at radius 1 is 1.07 bits per heavy atom. The number of hydrogen-bond donors (Lipinski definition) is 1. The molecule has 0 radical (unpaired) electrons. The summed E-state index contributed by atoms with van der Waals surface area (Å²) in [5.41, 5.74) is 1.77. The standard InChI is InChI=1S/C20H15FN4O2/c21-16-8-4-5-14(11-16)13-25-10-9-19(23-25)22-20(26)17-12-18(27-24-17)15-6-2-1-3-7-15/h1-12H,13H2,(H,22,23,26). The summed E-state index contributed by atoms with van der Waals surface area (Å²) in [6.07, 6.45) is 1.71. The van der Waals surface area contributed by atoms with Gasteiger partial charge in [0.05, 0.1) is 6.54 Å².